The molecule has 3 nitrogen and oxygen atoms in total. The molecular formula is C19H19ClFNO2. The Morgan fingerprint density at radius 2 is 2.00 bits per heavy atom. The summed E-state index contributed by atoms with van der Waals surface area (Å²) in [6.07, 6.45) is 1.28. The third-order valence-corrected chi connectivity index (χ3v) is 4.84. The van der Waals surface area contributed by atoms with Gasteiger partial charge in [-0.05, 0) is 49.1 Å². The third-order valence-electron chi connectivity index (χ3n) is 4.60. The van der Waals surface area contributed by atoms with Gasteiger partial charge in [-0.1, -0.05) is 35.9 Å². The second-order valence-corrected chi connectivity index (χ2v) is 7.05. The van der Waals surface area contributed by atoms with Gasteiger partial charge in [-0.3, -0.25) is 4.79 Å². The van der Waals surface area contributed by atoms with E-state index in [4.69, 9.17) is 11.6 Å². The summed E-state index contributed by atoms with van der Waals surface area (Å²) in [4.78, 5) is 11.9. The molecule has 2 atom stereocenters. The highest BCUT2D eigenvalue weighted by molar-refractivity contribution is 6.30. The van der Waals surface area contributed by atoms with Crippen molar-refractivity contribution in [2.24, 2.45) is 5.41 Å². The summed E-state index contributed by atoms with van der Waals surface area (Å²) in [5.74, 6) is -0.415. The average molecular weight is 348 g/mol. The Balaban J connectivity index is 1.74. The van der Waals surface area contributed by atoms with E-state index in [0.29, 0.717) is 23.4 Å². The summed E-state index contributed by atoms with van der Waals surface area (Å²) in [5.41, 5.74) is 1.58. The Labute approximate surface area is 145 Å². The Kier molecular flexibility index (Phi) is 4.61. The molecular weight excluding hydrogens is 329 g/mol. The van der Waals surface area contributed by atoms with Crippen LogP contribution in [0.25, 0.3) is 11.1 Å². The maximum absolute atomic E-state index is 13.9. The molecule has 24 heavy (non-hydrogen) atoms. The topological polar surface area (TPSA) is 49.3 Å². The van der Waals surface area contributed by atoms with Gasteiger partial charge in [-0.25, -0.2) is 4.39 Å². The van der Waals surface area contributed by atoms with E-state index in [1.807, 2.05) is 24.3 Å². The first-order valence-electron chi connectivity index (χ1n) is 7.87. The number of carbonyl (C=O) groups is 1. The van der Waals surface area contributed by atoms with Crippen molar-refractivity contribution in [3.63, 3.8) is 0 Å². The van der Waals surface area contributed by atoms with Crippen LogP contribution in [-0.2, 0) is 11.2 Å². The number of hydrogen-bond acceptors (Lipinski definition) is 2. The van der Waals surface area contributed by atoms with Crippen molar-refractivity contribution >= 4 is 17.5 Å². The molecule has 1 aliphatic rings. The van der Waals surface area contributed by atoms with Crippen LogP contribution in [0.4, 0.5) is 4.39 Å². The molecule has 3 rings (SSSR count). The van der Waals surface area contributed by atoms with Crippen molar-refractivity contribution in [2.75, 3.05) is 6.61 Å². The molecule has 0 aromatic heterocycles. The molecule has 0 spiro atoms. The fourth-order valence-corrected chi connectivity index (χ4v) is 3.30. The highest BCUT2D eigenvalue weighted by Crippen LogP contribution is 2.31. The van der Waals surface area contributed by atoms with Gasteiger partial charge in [0.2, 0.25) is 5.91 Å². The van der Waals surface area contributed by atoms with Crippen LogP contribution in [0.5, 0.6) is 0 Å². The molecule has 2 aromatic carbocycles. The third kappa shape index (κ3) is 3.30. The number of halogens is 2. The summed E-state index contributed by atoms with van der Waals surface area (Å²) >= 11 is 5.94. The SMILES string of the molecule is C[C@@]1(CO)C[C@@H](Cc2ccc(-c3cc(Cl)ccc3F)cc2)NC1=O. The van der Waals surface area contributed by atoms with Crippen molar-refractivity contribution in [1.29, 1.82) is 0 Å². The lowest BCUT2D eigenvalue weighted by Crippen LogP contribution is -2.32. The predicted octanol–water partition coefficient (Wildman–Crippen LogP) is 3.58. The number of rotatable bonds is 4. The molecule has 0 unspecified atom stereocenters. The molecule has 126 valence electrons. The van der Waals surface area contributed by atoms with Gasteiger partial charge in [-0.15, -0.1) is 0 Å². The summed E-state index contributed by atoms with van der Waals surface area (Å²) in [6, 6.07) is 12.1. The van der Waals surface area contributed by atoms with Crippen LogP contribution in [0.15, 0.2) is 42.5 Å². The lowest BCUT2D eigenvalue weighted by atomic mass is 9.87. The first-order chi connectivity index (χ1) is 11.4. The van der Waals surface area contributed by atoms with E-state index in [1.54, 1.807) is 13.0 Å². The quantitative estimate of drug-likeness (QED) is 0.888. The minimum atomic E-state index is -0.700. The number of carbonyl (C=O) groups excluding carboxylic acids is 1. The lowest BCUT2D eigenvalue weighted by molar-refractivity contribution is -0.128. The molecule has 0 aliphatic carbocycles. The standard InChI is InChI=1S/C19H19ClFNO2/c1-19(11-23)10-15(22-18(19)24)8-12-2-4-13(5-3-12)16-9-14(20)6-7-17(16)21/h2-7,9,15,23H,8,10-11H2,1H3,(H,22,24)/t15-,19+/m1/s1. The molecule has 5 heteroatoms. The van der Waals surface area contributed by atoms with Gasteiger partial charge in [0.25, 0.3) is 0 Å². The monoisotopic (exact) mass is 347 g/mol. The van der Waals surface area contributed by atoms with Crippen LogP contribution in [-0.4, -0.2) is 23.7 Å². The number of aliphatic hydroxyl groups excluding tert-OH is 1. The van der Waals surface area contributed by atoms with E-state index < -0.39 is 5.41 Å². The van der Waals surface area contributed by atoms with Gasteiger partial charge in [0.1, 0.15) is 5.82 Å². The van der Waals surface area contributed by atoms with Crippen molar-refractivity contribution < 1.29 is 14.3 Å². The van der Waals surface area contributed by atoms with Gasteiger partial charge < -0.3 is 10.4 Å². The average Bonchev–Trinajstić information content (AvgIpc) is 2.85. The molecule has 0 radical (unpaired) electrons. The normalized spacial score (nSPS) is 23.3. The number of amides is 1. The summed E-state index contributed by atoms with van der Waals surface area (Å²) < 4.78 is 13.9. The van der Waals surface area contributed by atoms with Crippen LogP contribution in [0.3, 0.4) is 0 Å². The zero-order chi connectivity index (χ0) is 17.3. The van der Waals surface area contributed by atoms with Crippen molar-refractivity contribution in [2.45, 2.75) is 25.8 Å². The van der Waals surface area contributed by atoms with Crippen LogP contribution in [0, 0.1) is 11.2 Å². The van der Waals surface area contributed by atoms with E-state index in [1.165, 1.54) is 12.1 Å². The van der Waals surface area contributed by atoms with E-state index in [2.05, 4.69) is 5.32 Å². The Morgan fingerprint density at radius 3 is 2.62 bits per heavy atom. The van der Waals surface area contributed by atoms with Crippen LogP contribution in [0.2, 0.25) is 5.02 Å². The van der Waals surface area contributed by atoms with Gasteiger partial charge >= 0.3 is 0 Å². The minimum absolute atomic E-state index is 0.00315. The van der Waals surface area contributed by atoms with E-state index in [0.717, 1.165) is 11.1 Å². The largest absolute Gasteiger partial charge is 0.395 e. The molecule has 1 saturated heterocycles. The minimum Gasteiger partial charge on any atom is -0.395 e. The maximum atomic E-state index is 13.9. The van der Waals surface area contributed by atoms with E-state index >= 15 is 0 Å². The molecule has 1 amide bonds. The molecule has 2 N–H and O–H groups in total. The number of aliphatic hydroxyl groups is 1. The van der Waals surface area contributed by atoms with Crippen LogP contribution in [0.1, 0.15) is 18.9 Å². The summed E-state index contributed by atoms with van der Waals surface area (Å²) in [6.45, 7) is 1.62. The first-order valence-corrected chi connectivity index (χ1v) is 8.25. The second kappa shape index (κ2) is 6.54. The van der Waals surface area contributed by atoms with Gasteiger partial charge in [-0.2, -0.15) is 0 Å². The van der Waals surface area contributed by atoms with E-state index in [9.17, 15) is 14.3 Å². The van der Waals surface area contributed by atoms with Crippen molar-refractivity contribution in [3.8, 4) is 11.1 Å². The molecule has 2 aromatic rings. The Hall–Kier alpha value is -1.91. The molecule has 1 fully saturated rings. The zero-order valence-corrected chi connectivity index (χ0v) is 14.1. The van der Waals surface area contributed by atoms with E-state index in [-0.39, 0.29) is 24.4 Å². The van der Waals surface area contributed by atoms with Gasteiger partial charge in [0, 0.05) is 16.6 Å². The van der Waals surface area contributed by atoms with Crippen LogP contribution >= 0.6 is 11.6 Å². The van der Waals surface area contributed by atoms with Gasteiger partial charge in [0.15, 0.2) is 0 Å². The Bertz CT molecular complexity index is 762. The fraction of sp³-hybridized carbons (Fsp3) is 0.316. The number of benzene rings is 2. The fourth-order valence-electron chi connectivity index (χ4n) is 3.13. The maximum Gasteiger partial charge on any atom is 0.228 e. The Morgan fingerprint density at radius 1 is 1.29 bits per heavy atom. The first kappa shape index (κ1) is 16.9. The second-order valence-electron chi connectivity index (χ2n) is 6.62. The molecule has 0 saturated carbocycles. The molecule has 1 aliphatic heterocycles. The highest BCUT2D eigenvalue weighted by Gasteiger charge is 2.42. The predicted molar refractivity (Wildman–Crippen MR) is 92.3 cm³/mol. The number of hydrogen-bond donors (Lipinski definition) is 2. The lowest BCUT2D eigenvalue weighted by Gasteiger charge is -2.16. The number of nitrogens with one attached hydrogen (secondary N) is 1. The van der Waals surface area contributed by atoms with Crippen LogP contribution < -0.4 is 5.32 Å². The molecule has 1 heterocycles. The summed E-state index contributed by atoms with van der Waals surface area (Å²) in [7, 11) is 0. The van der Waals surface area contributed by atoms with Gasteiger partial charge in [0.05, 0.1) is 12.0 Å². The summed E-state index contributed by atoms with van der Waals surface area (Å²) in [5, 5.41) is 12.8. The van der Waals surface area contributed by atoms with Crippen molar-refractivity contribution in [3.05, 3.63) is 58.9 Å². The highest BCUT2D eigenvalue weighted by atomic mass is 35.5. The zero-order valence-electron chi connectivity index (χ0n) is 13.4. The smallest absolute Gasteiger partial charge is 0.228 e. The van der Waals surface area contributed by atoms with Crippen molar-refractivity contribution in [1.82, 2.24) is 5.32 Å². The molecule has 0 bridgehead atoms.